The van der Waals surface area contributed by atoms with Crippen LogP contribution in [0.2, 0.25) is 0 Å². The Morgan fingerprint density at radius 3 is 2.83 bits per heavy atom. The van der Waals surface area contributed by atoms with Gasteiger partial charge < -0.3 is 5.32 Å². The van der Waals surface area contributed by atoms with Gasteiger partial charge in [-0.15, -0.1) is 11.3 Å². The van der Waals surface area contributed by atoms with Crippen LogP contribution in [-0.2, 0) is 6.42 Å². The Kier molecular flexibility index (Phi) is 4.91. The number of nitrogens with one attached hydrogen (secondary N) is 1. The van der Waals surface area contributed by atoms with Crippen LogP contribution in [-0.4, -0.2) is 17.4 Å². The van der Waals surface area contributed by atoms with Gasteiger partial charge in [0, 0.05) is 22.1 Å². The van der Waals surface area contributed by atoms with Crippen LogP contribution in [0.3, 0.4) is 0 Å². The van der Waals surface area contributed by atoms with Crippen LogP contribution in [0.1, 0.15) is 15.4 Å². The predicted octanol–water partition coefficient (Wildman–Crippen LogP) is 3.64. The molecule has 1 N–H and O–H groups in total. The van der Waals surface area contributed by atoms with Crippen LogP contribution in [0.25, 0.3) is 0 Å². The molecule has 2 aromatic rings. The molecule has 0 bridgehead atoms. The van der Waals surface area contributed by atoms with Gasteiger partial charge in [0.2, 0.25) is 0 Å². The second-order valence-electron chi connectivity index (χ2n) is 3.55. The molecule has 0 radical (unpaired) electrons. The lowest BCUT2D eigenvalue weighted by molar-refractivity contribution is 0.0948. The molecule has 18 heavy (non-hydrogen) atoms. The summed E-state index contributed by atoms with van der Waals surface area (Å²) >= 11 is 8.40. The van der Waals surface area contributed by atoms with E-state index in [1.54, 1.807) is 29.7 Å². The Balaban J connectivity index is 1.87. The monoisotopic (exact) mass is 388 g/mol. The Labute approximate surface area is 126 Å². The molecule has 0 aromatic carbocycles. The third-order valence-corrected chi connectivity index (χ3v) is 4.58. The molecule has 3 nitrogen and oxygen atoms in total. The van der Waals surface area contributed by atoms with Gasteiger partial charge >= 0.3 is 0 Å². The first-order chi connectivity index (χ1) is 8.66. The van der Waals surface area contributed by atoms with Crippen molar-refractivity contribution < 1.29 is 4.79 Å². The molecule has 0 spiro atoms. The zero-order chi connectivity index (χ0) is 13.0. The highest BCUT2D eigenvalue weighted by Gasteiger charge is 2.10. The molecule has 94 valence electrons. The molecule has 0 aliphatic rings. The van der Waals surface area contributed by atoms with Crippen molar-refractivity contribution in [1.29, 1.82) is 0 Å². The van der Waals surface area contributed by atoms with Gasteiger partial charge in [0.1, 0.15) is 5.69 Å². The van der Waals surface area contributed by atoms with Crippen LogP contribution < -0.4 is 5.32 Å². The summed E-state index contributed by atoms with van der Waals surface area (Å²) in [5, 5.41) is 2.86. The fourth-order valence-electron chi connectivity index (χ4n) is 1.42. The van der Waals surface area contributed by atoms with Crippen molar-refractivity contribution in [1.82, 2.24) is 10.3 Å². The van der Waals surface area contributed by atoms with E-state index in [4.69, 9.17) is 0 Å². The molecule has 0 saturated carbocycles. The topological polar surface area (TPSA) is 42.0 Å². The molecule has 0 atom stereocenters. The minimum atomic E-state index is -0.155. The smallest absolute Gasteiger partial charge is 0.271 e. The van der Waals surface area contributed by atoms with E-state index in [9.17, 15) is 4.79 Å². The van der Waals surface area contributed by atoms with Crippen LogP contribution >= 0.6 is 43.2 Å². The molecule has 2 aromatic heterocycles. The van der Waals surface area contributed by atoms with E-state index in [0.717, 1.165) is 10.2 Å². The van der Waals surface area contributed by atoms with Gasteiger partial charge in [0.05, 0.1) is 3.79 Å². The van der Waals surface area contributed by atoms with E-state index >= 15 is 0 Å². The Hall–Kier alpha value is -0.720. The summed E-state index contributed by atoms with van der Waals surface area (Å²) in [6.07, 6.45) is 2.43. The SMILES string of the molecule is O=C(NCCc1ccc(Br)s1)c1ncccc1Br. The molecule has 0 unspecified atom stereocenters. The van der Waals surface area contributed by atoms with Crippen molar-refractivity contribution >= 4 is 49.1 Å². The molecule has 2 heterocycles. The van der Waals surface area contributed by atoms with Gasteiger partial charge in [-0.25, -0.2) is 4.98 Å². The van der Waals surface area contributed by atoms with Crippen molar-refractivity contribution in [2.75, 3.05) is 6.54 Å². The number of nitrogens with zero attached hydrogens (tertiary/aromatic N) is 1. The zero-order valence-corrected chi connectivity index (χ0v) is 13.3. The lowest BCUT2D eigenvalue weighted by Crippen LogP contribution is -2.26. The van der Waals surface area contributed by atoms with E-state index < -0.39 is 0 Å². The molecule has 0 aliphatic heterocycles. The maximum atomic E-state index is 11.9. The number of hydrogen-bond donors (Lipinski definition) is 1. The number of halogens is 2. The van der Waals surface area contributed by atoms with Crippen molar-refractivity contribution in [3.63, 3.8) is 0 Å². The van der Waals surface area contributed by atoms with Crippen molar-refractivity contribution in [2.45, 2.75) is 6.42 Å². The third-order valence-electron chi connectivity index (χ3n) is 2.26. The number of hydrogen-bond acceptors (Lipinski definition) is 3. The number of thiophene rings is 1. The van der Waals surface area contributed by atoms with Gasteiger partial charge in [-0.3, -0.25) is 4.79 Å². The zero-order valence-electron chi connectivity index (χ0n) is 9.32. The predicted molar refractivity (Wildman–Crippen MR) is 80.0 cm³/mol. The van der Waals surface area contributed by atoms with Crippen LogP contribution in [0.5, 0.6) is 0 Å². The molecule has 0 fully saturated rings. The molecule has 0 saturated heterocycles. The van der Waals surface area contributed by atoms with Crippen LogP contribution in [0.15, 0.2) is 38.7 Å². The van der Waals surface area contributed by atoms with E-state index in [-0.39, 0.29) is 5.91 Å². The van der Waals surface area contributed by atoms with Crippen molar-refractivity contribution in [3.8, 4) is 0 Å². The molecular formula is C12H10Br2N2OS. The highest BCUT2D eigenvalue weighted by molar-refractivity contribution is 9.11. The average molecular weight is 390 g/mol. The van der Waals surface area contributed by atoms with Crippen LogP contribution in [0.4, 0.5) is 0 Å². The summed E-state index contributed by atoms with van der Waals surface area (Å²) in [6, 6.07) is 7.65. The molecule has 0 aliphatic carbocycles. The fourth-order valence-corrected chi connectivity index (χ4v) is 3.34. The first-order valence-electron chi connectivity index (χ1n) is 5.30. The molecule has 2 rings (SSSR count). The minimum absolute atomic E-state index is 0.155. The number of rotatable bonds is 4. The van der Waals surface area contributed by atoms with E-state index in [1.807, 2.05) is 6.07 Å². The summed E-state index contributed by atoms with van der Waals surface area (Å²) < 4.78 is 1.82. The Bertz CT molecular complexity index is 557. The summed E-state index contributed by atoms with van der Waals surface area (Å²) in [6.45, 7) is 0.606. The number of carbonyl (C=O) groups excluding carboxylic acids is 1. The minimum Gasteiger partial charge on any atom is -0.350 e. The fraction of sp³-hybridized carbons (Fsp3) is 0.167. The highest BCUT2D eigenvalue weighted by Crippen LogP contribution is 2.22. The number of carbonyl (C=O) groups is 1. The first-order valence-corrected chi connectivity index (χ1v) is 7.70. The standard InChI is InChI=1S/C12H10Br2N2OS/c13-9-2-1-6-15-11(9)12(17)16-7-5-8-3-4-10(14)18-8/h1-4,6H,5,7H2,(H,16,17). The van der Waals surface area contributed by atoms with E-state index in [2.05, 4.69) is 48.2 Å². The van der Waals surface area contributed by atoms with Gasteiger partial charge in [-0.05, 0) is 62.5 Å². The van der Waals surface area contributed by atoms with Crippen molar-refractivity contribution in [2.24, 2.45) is 0 Å². The van der Waals surface area contributed by atoms with Gasteiger partial charge in [0.25, 0.3) is 5.91 Å². The quantitative estimate of drug-likeness (QED) is 0.867. The van der Waals surface area contributed by atoms with Gasteiger partial charge in [0.15, 0.2) is 0 Å². The molecular weight excluding hydrogens is 380 g/mol. The second kappa shape index (κ2) is 6.45. The largest absolute Gasteiger partial charge is 0.350 e. The van der Waals surface area contributed by atoms with Crippen molar-refractivity contribution in [3.05, 3.63) is 49.3 Å². The van der Waals surface area contributed by atoms with Crippen LogP contribution in [0, 0.1) is 0 Å². The number of aromatic nitrogens is 1. The Morgan fingerprint density at radius 2 is 2.17 bits per heavy atom. The summed E-state index contributed by atoms with van der Waals surface area (Å²) in [7, 11) is 0. The maximum Gasteiger partial charge on any atom is 0.271 e. The number of amides is 1. The summed E-state index contributed by atoms with van der Waals surface area (Å²) in [5.41, 5.74) is 0.421. The van der Waals surface area contributed by atoms with E-state index in [0.29, 0.717) is 16.7 Å². The maximum absolute atomic E-state index is 11.9. The average Bonchev–Trinajstić information content (AvgIpc) is 2.75. The van der Waals surface area contributed by atoms with Gasteiger partial charge in [-0.2, -0.15) is 0 Å². The Morgan fingerprint density at radius 1 is 1.33 bits per heavy atom. The normalized spacial score (nSPS) is 10.3. The molecule has 1 amide bonds. The lowest BCUT2D eigenvalue weighted by atomic mass is 10.3. The third kappa shape index (κ3) is 3.63. The summed E-state index contributed by atoms with van der Waals surface area (Å²) in [4.78, 5) is 17.1. The summed E-state index contributed by atoms with van der Waals surface area (Å²) in [5.74, 6) is -0.155. The highest BCUT2D eigenvalue weighted by atomic mass is 79.9. The lowest BCUT2D eigenvalue weighted by Gasteiger charge is -2.04. The molecule has 6 heteroatoms. The van der Waals surface area contributed by atoms with Gasteiger partial charge in [-0.1, -0.05) is 0 Å². The first kappa shape index (κ1) is 13.7. The second-order valence-corrected chi connectivity index (χ2v) is 6.95. The van der Waals surface area contributed by atoms with E-state index in [1.165, 1.54) is 4.88 Å². The number of pyridine rings is 1.